The lowest BCUT2D eigenvalue weighted by Crippen LogP contribution is -1.95. The van der Waals surface area contributed by atoms with Gasteiger partial charge in [0.15, 0.2) is 5.75 Å². The summed E-state index contributed by atoms with van der Waals surface area (Å²) >= 11 is 0. The summed E-state index contributed by atoms with van der Waals surface area (Å²) in [5.74, 6) is -0.299. The molecule has 5 nitrogen and oxygen atoms in total. The molecule has 7 heteroatoms. The Balaban J connectivity index is 1.53. The molecule has 4 aromatic rings. The lowest BCUT2D eigenvalue weighted by molar-refractivity contribution is 0.125. The summed E-state index contributed by atoms with van der Waals surface area (Å²) < 4.78 is 34.2. The number of benzene rings is 3. The van der Waals surface area contributed by atoms with Gasteiger partial charge in [0.05, 0.1) is 11.9 Å². The van der Waals surface area contributed by atoms with Crippen LogP contribution in [0.5, 0.6) is 5.75 Å². The molecule has 0 spiro atoms. The van der Waals surface area contributed by atoms with E-state index >= 15 is 0 Å². The van der Waals surface area contributed by atoms with Crippen molar-refractivity contribution in [3.63, 3.8) is 0 Å². The fraction of sp³-hybridized carbons (Fsp3) is 0.0435. The molecule has 30 heavy (non-hydrogen) atoms. The maximum atomic E-state index is 13.6. The van der Waals surface area contributed by atoms with E-state index in [1.807, 2.05) is 30.3 Å². The monoisotopic (exact) mass is 405 g/mol. The smallest absolute Gasteiger partial charge is 0.218 e. The Morgan fingerprint density at radius 1 is 0.900 bits per heavy atom. The molecule has 0 aliphatic rings. The largest absolute Gasteiger partial charge is 0.438 e. The summed E-state index contributed by atoms with van der Waals surface area (Å²) in [5.41, 5.74) is 2.42. The zero-order valence-electron chi connectivity index (χ0n) is 15.8. The van der Waals surface area contributed by atoms with E-state index in [1.165, 1.54) is 18.2 Å². The SMILES string of the molecule is Fc1ccc(-c2nn(-c3ccccc3)cc2O/C=N/OCc2ccccc2F)cc1. The first-order valence-electron chi connectivity index (χ1n) is 9.15. The van der Waals surface area contributed by atoms with Crippen molar-refractivity contribution < 1.29 is 18.4 Å². The van der Waals surface area contributed by atoms with Gasteiger partial charge in [0.2, 0.25) is 6.40 Å². The second-order valence-electron chi connectivity index (χ2n) is 6.32. The van der Waals surface area contributed by atoms with Crippen molar-refractivity contribution in [2.24, 2.45) is 5.16 Å². The lowest BCUT2D eigenvalue weighted by Gasteiger charge is -2.02. The van der Waals surface area contributed by atoms with E-state index in [0.717, 1.165) is 12.1 Å². The van der Waals surface area contributed by atoms with E-state index in [0.29, 0.717) is 22.6 Å². The first kappa shape index (κ1) is 19.3. The minimum atomic E-state index is -0.364. The van der Waals surface area contributed by atoms with Gasteiger partial charge in [-0.25, -0.2) is 13.5 Å². The number of hydrogen-bond donors (Lipinski definition) is 0. The van der Waals surface area contributed by atoms with Crippen molar-refractivity contribution in [1.29, 1.82) is 0 Å². The molecule has 1 aromatic heterocycles. The Morgan fingerprint density at radius 2 is 1.63 bits per heavy atom. The highest BCUT2D eigenvalue weighted by atomic mass is 19.1. The second-order valence-corrected chi connectivity index (χ2v) is 6.32. The lowest BCUT2D eigenvalue weighted by atomic mass is 10.1. The normalized spacial score (nSPS) is 11.0. The van der Waals surface area contributed by atoms with Gasteiger partial charge in [-0.2, -0.15) is 5.10 Å². The van der Waals surface area contributed by atoms with Crippen molar-refractivity contribution in [2.45, 2.75) is 6.61 Å². The predicted molar refractivity (Wildman–Crippen MR) is 109 cm³/mol. The zero-order chi connectivity index (χ0) is 20.8. The van der Waals surface area contributed by atoms with Crippen LogP contribution in [0, 0.1) is 11.6 Å². The van der Waals surface area contributed by atoms with E-state index < -0.39 is 0 Å². The van der Waals surface area contributed by atoms with Crippen LogP contribution in [-0.4, -0.2) is 16.2 Å². The van der Waals surface area contributed by atoms with E-state index in [1.54, 1.807) is 41.2 Å². The van der Waals surface area contributed by atoms with Gasteiger partial charge in [0, 0.05) is 11.1 Å². The molecule has 0 fully saturated rings. The van der Waals surface area contributed by atoms with Crippen LogP contribution in [0.3, 0.4) is 0 Å². The average molecular weight is 405 g/mol. The zero-order valence-corrected chi connectivity index (χ0v) is 15.8. The number of rotatable bonds is 7. The standard InChI is InChI=1S/C23H17F2N3O2/c24-19-12-10-17(11-13-19)23-22(14-28(27-23)20-7-2-1-3-8-20)29-16-26-30-15-18-6-4-5-9-21(18)25/h1-14,16H,15H2/b26-16+. The van der Waals surface area contributed by atoms with E-state index in [4.69, 9.17) is 9.57 Å². The molecule has 3 aromatic carbocycles. The van der Waals surface area contributed by atoms with Crippen LogP contribution in [0.25, 0.3) is 16.9 Å². The average Bonchev–Trinajstić information content (AvgIpc) is 3.20. The van der Waals surface area contributed by atoms with Gasteiger partial charge < -0.3 is 9.57 Å². The first-order valence-corrected chi connectivity index (χ1v) is 9.15. The third kappa shape index (κ3) is 4.52. The highest BCUT2D eigenvalue weighted by molar-refractivity contribution is 5.69. The molecule has 0 amide bonds. The Hall–Kier alpha value is -4.00. The number of halogens is 2. The van der Waals surface area contributed by atoms with Gasteiger partial charge in [0.1, 0.15) is 23.9 Å². The number of ether oxygens (including phenoxy) is 1. The Labute approximate surface area is 171 Å². The predicted octanol–water partition coefficient (Wildman–Crippen LogP) is 5.36. The summed E-state index contributed by atoms with van der Waals surface area (Å²) in [4.78, 5) is 5.10. The van der Waals surface area contributed by atoms with Crippen LogP contribution in [0.4, 0.5) is 8.78 Å². The molecule has 0 N–H and O–H groups in total. The van der Waals surface area contributed by atoms with Gasteiger partial charge >= 0.3 is 0 Å². The molecule has 0 atom stereocenters. The van der Waals surface area contributed by atoms with Crippen molar-refractivity contribution in [1.82, 2.24) is 9.78 Å². The molecule has 0 unspecified atom stereocenters. The van der Waals surface area contributed by atoms with Crippen LogP contribution < -0.4 is 4.74 Å². The second kappa shape index (κ2) is 9.00. The number of para-hydroxylation sites is 1. The van der Waals surface area contributed by atoms with Crippen LogP contribution >= 0.6 is 0 Å². The number of hydrogen-bond acceptors (Lipinski definition) is 4. The molecule has 0 bridgehead atoms. The van der Waals surface area contributed by atoms with Gasteiger partial charge in [-0.15, -0.1) is 0 Å². The Kier molecular flexibility index (Phi) is 5.80. The summed E-state index contributed by atoms with van der Waals surface area (Å²) in [6.07, 6.45) is 2.80. The fourth-order valence-corrected chi connectivity index (χ4v) is 2.80. The molecular formula is C23H17F2N3O2. The summed E-state index contributed by atoms with van der Waals surface area (Å²) in [6.45, 7) is -0.0272. The van der Waals surface area contributed by atoms with Crippen LogP contribution in [-0.2, 0) is 11.4 Å². The number of oxime groups is 1. The third-order valence-corrected chi connectivity index (χ3v) is 4.29. The number of aromatic nitrogens is 2. The topological polar surface area (TPSA) is 48.6 Å². The van der Waals surface area contributed by atoms with Crippen LogP contribution in [0.15, 0.2) is 90.2 Å². The van der Waals surface area contributed by atoms with E-state index in [9.17, 15) is 8.78 Å². The molecule has 150 valence electrons. The summed E-state index contributed by atoms with van der Waals surface area (Å²) in [5, 5.41) is 8.28. The third-order valence-electron chi connectivity index (χ3n) is 4.29. The highest BCUT2D eigenvalue weighted by Gasteiger charge is 2.13. The molecule has 1 heterocycles. The molecule has 0 saturated heterocycles. The van der Waals surface area contributed by atoms with Gasteiger partial charge in [-0.1, -0.05) is 41.6 Å². The first-order chi connectivity index (χ1) is 14.7. The molecule has 0 aliphatic heterocycles. The van der Waals surface area contributed by atoms with E-state index in [-0.39, 0.29) is 18.2 Å². The van der Waals surface area contributed by atoms with Crippen LogP contribution in [0.2, 0.25) is 0 Å². The molecule has 0 aliphatic carbocycles. The quantitative estimate of drug-likeness (QED) is 0.236. The maximum Gasteiger partial charge on any atom is 0.218 e. The fourth-order valence-electron chi connectivity index (χ4n) is 2.80. The van der Waals surface area contributed by atoms with E-state index in [2.05, 4.69) is 10.3 Å². The highest BCUT2D eigenvalue weighted by Crippen LogP contribution is 2.29. The van der Waals surface area contributed by atoms with Crippen molar-refractivity contribution in [3.05, 3.63) is 102 Å². The van der Waals surface area contributed by atoms with Gasteiger partial charge in [-0.05, 0) is 42.5 Å². The number of nitrogens with zero attached hydrogens (tertiary/aromatic N) is 3. The minimum Gasteiger partial charge on any atom is -0.438 e. The van der Waals surface area contributed by atoms with Crippen molar-refractivity contribution in [2.75, 3.05) is 0 Å². The Morgan fingerprint density at radius 3 is 2.40 bits per heavy atom. The summed E-state index contributed by atoms with van der Waals surface area (Å²) in [7, 11) is 0. The molecule has 4 rings (SSSR count). The molecule has 0 radical (unpaired) electrons. The molecule has 0 saturated carbocycles. The van der Waals surface area contributed by atoms with Gasteiger partial charge in [0.25, 0.3) is 0 Å². The van der Waals surface area contributed by atoms with Crippen molar-refractivity contribution >= 4 is 6.40 Å². The summed E-state index contributed by atoms with van der Waals surface area (Å²) in [6, 6.07) is 21.7. The van der Waals surface area contributed by atoms with Crippen molar-refractivity contribution in [3.8, 4) is 22.7 Å². The van der Waals surface area contributed by atoms with Gasteiger partial charge in [-0.3, -0.25) is 0 Å². The van der Waals surface area contributed by atoms with Crippen LogP contribution in [0.1, 0.15) is 5.56 Å². The molecular weight excluding hydrogens is 388 g/mol. The minimum absolute atomic E-state index is 0.0272. The Bertz CT molecular complexity index is 1140. The maximum absolute atomic E-state index is 13.6.